The summed E-state index contributed by atoms with van der Waals surface area (Å²) < 4.78 is 5.15. The number of aromatic amines is 1. The Bertz CT molecular complexity index is 1360. The second kappa shape index (κ2) is 9.24. The summed E-state index contributed by atoms with van der Waals surface area (Å²) in [5, 5.41) is 14.5. The first-order valence-electron chi connectivity index (χ1n) is 10.8. The zero-order chi connectivity index (χ0) is 23.5. The van der Waals surface area contributed by atoms with Gasteiger partial charge in [-0.3, -0.25) is 19.7 Å². The maximum atomic E-state index is 12.8. The van der Waals surface area contributed by atoms with Crippen molar-refractivity contribution in [1.82, 2.24) is 4.98 Å². The molecule has 2 atom stereocenters. The number of Topliss-reactive ketones (excluding diaryl/α,β-unsaturated/α-hetero) is 1. The van der Waals surface area contributed by atoms with Crippen molar-refractivity contribution in [3.8, 4) is 11.3 Å². The first kappa shape index (κ1) is 22.2. The number of carbonyl (C=O) groups excluding carboxylic acids is 2. The Morgan fingerprint density at radius 2 is 1.73 bits per heavy atom. The summed E-state index contributed by atoms with van der Waals surface area (Å²) in [4.78, 5) is 40.0. The third kappa shape index (κ3) is 4.35. The van der Waals surface area contributed by atoms with Crippen LogP contribution in [0.25, 0.3) is 32.9 Å². The number of carbonyl (C=O) groups is 2. The predicted octanol–water partition coefficient (Wildman–Crippen LogP) is 5.12. The molecule has 0 bridgehead atoms. The number of ketones is 1. The van der Waals surface area contributed by atoms with Crippen molar-refractivity contribution < 1.29 is 19.2 Å². The molecule has 0 saturated heterocycles. The van der Waals surface area contributed by atoms with E-state index in [4.69, 9.17) is 4.74 Å². The number of fused-ring (bicyclic) bond motifs is 2. The normalized spacial score (nSPS) is 13.0. The number of ether oxygens (including phenoxy) is 1. The average molecular weight is 444 g/mol. The van der Waals surface area contributed by atoms with Gasteiger partial charge in [-0.2, -0.15) is 0 Å². The van der Waals surface area contributed by atoms with Crippen molar-refractivity contribution in [2.45, 2.75) is 19.8 Å². The minimum absolute atomic E-state index is 0.0826. The minimum atomic E-state index is -1.28. The third-order valence-electron chi connectivity index (χ3n) is 5.88. The Balaban J connectivity index is 1.98. The van der Waals surface area contributed by atoms with Gasteiger partial charge in [0.1, 0.15) is 11.7 Å². The number of nitrogens with one attached hydrogen (secondary N) is 1. The molecule has 0 aliphatic rings. The highest BCUT2D eigenvalue weighted by Gasteiger charge is 2.40. The van der Waals surface area contributed by atoms with Crippen molar-refractivity contribution >= 4 is 33.4 Å². The molecule has 33 heavy (non-hydrogen) atoms. The summed E-state index contributed by atoms with van der Waals surface area (Å²) in [5.74, 6) is -3.48. The van der Waals surface area contributed by atoms with Gasteiger partial charge >= 0.3 is 5.97 Å². The van der Waals surface area contributed by atoms with E-state index < -0.39 is 35.1 Å². The van der Waals surface area contributed by atoms with E-state index >= 15 is 0 Å². The van der Waals surface area contributed by atoms with Gasteiger partial charge in [-0.1, -0.05) is 54.6 Å². The van der Waals surface area contributed by atoms with Crippen LogP contribution in [0.15, 0.2) is 66.7 Å². The lowest BCUT2D eigenvalue weighted by Crippen LogP contribution is -2.34. The Labute approximate surface area is 190 Å². The summed E-state index contributed by atoms with van der Waals surface area (Å²) in [7, 11) is 0. The largest absolute Gasteiger partial charge is 0.465 e. The molecule has 7 heteroatoms. The zero-order valence-corrected chi connectivity index (χ0v) is 18.4. The summed E-state index contributed by atoms with van der Waals surface area (Å²) in [6.07, 6.45) is 0. The van der Waals surface area contributed by atoms with Crippen LogP contribution in [0.3, 0.4) is 0 Å². The molecule has 168 valence electrons. The molecule has 0 aliphatic carbocycles. The number of nitro groups is 1. The van der Waals surface area contributed by atoms with E-state index in [0.29, 0.717) is 11.3 Å². The Morgan fingerprint density at radius 3 is 2.42 bits per heavy atom. The van der Waals surface area contributed by atoms with Gasteiger partial charge in [-0.25, -0.2) is 0 Å². The van der Waals surface area contributed by atoms with Crippen LogP contribution in [0.4, 0.5) is 0 Å². The number of aromatic nitrogens is 1. The van der Waals surface area contributed by atoms with Gasteiger partial charge in [-0.05, 0) is 47.9 Å². The molecule has 0 spiro atoms. The summed E-state index contributed by atoms with van der Waals surface area (Å²) in [6, 6.07) is 21.2. The van der Waals surface area contributed by atoms with Gasteiger partial charge in [0.05, 0.1) is 18.2 Å². The average Bonchev–Trinajstić information content (AvgIpc) is 3.17. The molecule has 0 saturated carbocycles. The molecule has 2 unspecified atom stereocenters. The fourth-order valence-corrected chi connectivity index (χ4v) is 4.49. The first-order valence-corrected chi connectivity index (χ1v) is 10.8. The lowest BCUT2D eigenvalue weighted by Gasteiger charge is -2.22. The number of esters is 1. The Morgan fingerprint density at radius 1 is 1.03 bits per heavy atom. The summed E-state index contributed by atoms with van der Waals surface area (Å²) in [5.41, 5.74) is 2.82. The molecular formula is C26H24N2O5. The number of para-hydroxylation sites is 1. The molecule has 4 aromatic rings. The fourth-order valence-electron chi connectivity index (χ4n) is 4.49. The molecule has 1 heterocycles. The zero-order valence-electron chi connectivity index (χ0n) is 18.4. The van der Waals surface area contributed by atoms with Gasteiger partial charge in [0, 0.05) is 15.8 Å². The maximum absolute atomic E-state index is 12.8. The van der Waals surface area contributed by atoms with E-state index in [1.807, 2.05) is 66.7 Å². The van der Waals surface area contributed by atoms with Crippen molar-refractivity contribution in [2.24, 2.45) is 5.92 Å². The Hall–Kier alpha value is -4.00. The fraction of sp³-hybridized carbons (Fsp3) is 0.231. The van der Waals surface area contributed by atoms with Crippen molar-refractivity contribution in [1.29, 1.82) is 0 Å². The third-order valence-corrected chi connectivity index (χ3v) is 5.88. The van der Waals surface area contributed by atoms with E-state index in [2.05, 4.69) is 4.98 Å². The summed E-state index contributed by atoms with van der Waals surface area (Å²) >= 11 is 0. The van der Waals surface area contributed by atoms with Crippen LogP contribution in [0.2, 0.25) is 0 Å². The molecule has 0 fully saturated rings. The molecule has 3 aromatic carbocycles. The van der Waals surface area contributed by atoms with Crippen LogP contribution in [0.1, 0.15) is 25.3 Å². The van der Waals surface area contributed by atoms with Gasteiger partial charge in [-0.15, -0.1) is 0 Å². The molecule has 1 N–H and O–H groups in total. The SMILES string of the molecule is CCOC(=O)C(C(C)=O)C(C[N+](=O)[O-])c1c(-c2ccc3ccccc3c2)[nH]c2ccccc12. The van der Waals surface area contributed by atoms with Crippen LogP contribution in [0, 0.1) is 16.0 Å². The van der Waals surface area contributed by atoms with Crippen molar-refractivity contribution in [2.75, 3.05) is 13.2 Å². The standard InChI is InChI=1S/C26H24N2O5/c1-3-33-26(30)23(16(2)29)21(15-28(31)32)24-20-10-6-7-11-22(20)27-25(24)19-13-12-17-8-4-5-9-18(17)14-19/h4-14,21,23,27H,3,15H2,1-2H3. The topological polar surface area (TPSA) is 102 Å². The monoisotopic (exact) mass is 444 g/mol. The second-order valence-corrected chi connectivity index (χ2v) is 7.98. The van der Waals surface area contributed by atoms with Crippen LogP contribution in [0.5, 0.6) is 0 Å². The summed E-state index contributed by atoms with van der Waals surface area (Å²) in [6.45, 7) is 2.42. The van der Waals surface area contributed by atoms with Gasteiger partial charge in [0.25, 0.3) is 0 Å². The second-order valence-electron chi connectivity index (χ2n) is 7.98. The van der Waals surface area contributed by atoms with E-state index in [1.165, 1.54) is 6.92 Å². The van der Waals surface area contributed by atoms with E-state index in [9.17, 15) is 19.7 Å². The molecule has 4 rings (SSSR count). The minimum Gasteiger partial charge on any atom is -0.465 e. The molecule has 0 amide bonds. The van der Waals surface area contributed by atoms with Gasteiger partial charge < -0.3 is 9.72 Å². The van der Waals surface area contributed by atoms with Crippen molar-refractivity contribution in [3.63, 3.8) is 0 Å². The van der Waals surface area contributed by atoms with Crippen LogP contribution in [-0.4, -0.2) is 34.8 Å². The molecule has 0 aliphatic heterocycles. The molecular weight excluding hydrogens is 420 g/mol. The van der Waals surface area contributed by atoms with Gasteiger partial charge in [0.15, 0.2) is 0 Å². The lowest BCUT2D eigenvalue weighted by molar-refractivity contribution is -0.484. The number of nitrogens with zero attached hydrogens (tertiary/aromatic N) is 1. The quantitative estimate of drug-likeness (QED) is 0.176. The molecule has 1 aromatic heterocycles. The van der Waals surface area contributed by atoms with E-state index in [1.54, 1.807) is 6.92 Å². The van der Waals surface area contributed by atoms with Crippen molar-refractivity contribution in [3.05, 3.63) is 82.4 Å². The molecule has 7 nitrogen and oxygen atoms in total. The predicted molar refractivity (Wildman–Crippen MR) is 127 cm³/mol. The number of H-pyrrole nitrogens is 1. The van der Waals surface area contributed by atoms with Gasteiger partial charge in [0.2, 0.25) is 6.54 Å². The lowest BCUT2D eigenvalue weighted by atomic mass is 9.81. The van der Waals surface area contributed by atoms with E-state index in [0.717, 1.165) is 27.2 Å². The van der Waals surface area contributed by atoms with Crippen LogP contribution in [-0.2, 0) is 14.3 Å². The Kier molecular flexibility index (Phi) is 6.22. The smallest absolute Gasteiger partial charge is 0.317 e. The number of rotatable bonds is 8. The van der Waals surface area contributed by atoms with Crippen LogP contribution < -0.4 is 0 Å². The number of benzene rings is 3. The first-order chi connectivity index (χ1) is 15.9. The molecule has 0 radical (unpaired) electrons. The van der Waals surface area contributed by atoms with E-state index in [-0.39, 0.29) is 6.61 Å². The highest BCUT2D eigenvalue weighted by atomic mass is 16.6. The highest BCUT2D eigenvalue weighted by Crippen LogP contribution is 2.40. The number of hydrogen-bond donors (Lipinski definition) is 1. The van der Waals surface area contributed by atoms with Crippen LogP contribution >= 0.6 is 0 Å². The maximum Gasteiger partial charge on any atom is 0.317 e. The highest BCUT2D eigenvalue weighted by molar-refractivity contribution is 6.01. The number of hydrogen-bond acceptors (Lipinski definition) is 5.